The number of hydrogen-bond acceptors (Lipinski definition) is 6. The van der Waals surface area contributed by atoms with Crippen LogP contribution in [0.25, 0.3) is 5.69 Å². The number of urea groups is 1. The van der Waals surface area contributed by atoms with E-state index >= 15 is 0 Å². The summed E-state index contributed by atoms with van der Waals surface area (Å²) in [6.45, 7) is 6.42. The summed E-state index contributed by atoms with van der Waals surface area (Å²) in [4.78, 5) is 26.6. The third kappa shape index (κ3) is 4.16. The molecule has 0 radical (unpaired) electrons. The first-order valence-electron chi connectivity index (χ1n) is 10.3. The van der Waals surface area contributed by atoms with Crippen molar-refractivity contribution < 1.29 is 18.8 Å². The smallest absolute Gasteiger partial charge is 0.341 e. The van der Waals surface area contributed by atoms with Gasteiger partial charge in [0.2, 0.25) is 0 Å². The number of ether oxygens (including phenoxy) is 1. The summed E-state index contributed by atoms with van der Waals surface area (Å²) in [7, 11) is 0. The normalized spacial score (nSPS) is 15.8. The number of carbonyl (C=O) groups is 2. The van der Waals surface area contributed by atoms with Gasteiger partial charge in [0.25, 0.3) is 0 Å². The van der Waals surface area contributed by atoms with Crippen LogP contribution in [0.4, 0.5) is 10.5 Å². The van der Waals surface area contributed by atoms with Crippen molar-refractivity contribution in [2.75, 3.05) is 18.5 Å². The molecule has 1 atom stereocenters. The van der Waals surface area contributed by atoms with Crippen molar-refractivity contribution in [2.24, 2.45) is 0 Å². The third-order valence-corrected chi connectivity index (χ3v) is 5.36. The van der Waals surface area contributed by atoms with Gasteiger partial charge in [-0.1, -0.05) is 5.16 Å². The standard InChI is InChI=1S/C22H25N5O4/c1-4-30-21(28)18-13-23-27(15(18)3)17-9-7-16(8-10-17)24-22(29)26-11-5-6-19(26)20-12-14(2)25-31-20/h7-10,12-13,19H,4-6,11H2,1-3H3,(H,24,29). The van der Waals surface area contributed by atoms with Gasteiger partial charge in [0.1, 0.15) is 5.56 Å². The van der Waals surface area contributed by atoms with Crippen molar-refractivity contribution in [3.63, 3.8) is 0 Å². The summed E-state index contributed by atoms with van der Waals surface area (Å²) >= 11 is 0. The Morgan fingerprint density at radius 3 is 2.71 bits per heavy atom. The van der Waals surface area contributed by atoms with Crippen molar-refractivity contribution in [1.82, 2.24) is 19.8 Å². The molecule has 1 aromatic carbocycles. The highest BCUT2D eigenvalue weighted by molar-refractivity contribution is 5.91. The number of amides is 2. The van der Waals surface area contributed by atoms with E-state index < -0.39 is 5.97 Å². The first-order chi connectivity index (χ1) is 15.0. The number of esters is 1. The maximum absolute atomic E-state index is 12.8. The molecule has 1 N–H and O–H groups in total. The van der Waals surface area contributed by atoms with E-state index in [-0.39, 0.29) is 12.1 Å². The van der Waals surface area contributed by atoms with Gasteiger partial charge in [-0.3, -0.25) is 0 Å². The van der Waals surface area contributed by atoms with Crippen LogP contribution in [-0.2, 0) is 4.74 Å². The van der Waals surface area contributed by atoms with Gasteiger partial charge < -0.3 is 19.5 Å². The largest absolute Gasteiger partial charge is 0.462 e. The van der Waals surface area contributed by atoms with Crippen LogP contribution in [-0.4, -0.2) is 45.0 Å². The van der Waals surface area contributed by atoms with Crippen LogP contribution < -0.4 is 5.32 Å². The SMILES string of the molecule is CCOC(=O)c1cnn(-c2ccc(NC(=O)N3CCCC3c3cc(C)no3)cc2)c1C. The van der Waals surface area contributed by atoms with Gasteiger partial charge in [-0.15, -0.1) is 0 Å². The van der Waals surface area contributed by atoms with E-state index in [0.29, 0.717) is 35.9 Å². The van der Waals surface area contributed by atoms with E-state index in [9.17, 15) is 9.59 Å². The van der Waals surface area contributed by atoms with Crippen LogP contribution in [0.2, 0.25) is 0 Å². The average molecular weight is 423 g/mol. The molecule has 1 aliphatic heterocycles. The highest BCUT2D eigenvalue weighted by Crippen LogP contribution is 2.32. The molecular formula is C22H25N5O4. The van der Waals surface area contributed by atoms with E-state index in [1.165, 1.54) is 6.20 Å². The van der Waals surface area contributed by atoms with Crippen LogP contribution in [0.5, 0.6) is 0 Å². The minimum absolute atomic E-state index is 0.103. The molecule has 31 heavy (non-hydrogen) atoms. The predicted molar refractivity (Wildman–Crippen MR) is 113 cm³/mol. The summed E-state index contributed by atoms with van der Waals surface area (Å²) < 4.78 is 12.1. The van der Waals surface area contributed by atoms with Crippen LogP contribution in [0.15, 0.2) is 41.1 Å². The Hall–Kier alpha value is -3.62. The molecule has 1 aliphatic rings. The number of hydrogen-bond donors (Lipinski definition) is 1. The molecule has 2 aromatic heterocycles. The molecule has 0 bridgehead atoms. The topological polar surface area (TPSA) is 102 Å². The molecule has 1 saturated heterocycles. The van der Waals surface area contributed by atoms with E-state index in [1.54, 1.807) is 16.5 Å². The fraction of sp³-hybridized carbons (Fsp3) is 0.364. The highest BCUT2D eigenvalue weighted by Gasteiger charge is 2.32. The zero-order valence-electron chi connectivity index (χ0n) is 17.8. The lowest BCUT2D eigenvalue weighted by molar-refractivity contribution is 0.0525. The number of anilines is 1. The Labute approximate surface area is 180 Å². The average Bonchev–Trinajstić information content (AvgIpc) is 3.48. The zero-order chi connectivity index (χ0) is 22.0. The quantitative estimate of drug-likeness (QED) is 0.622. The maximum atomic E-state index is 12.8. The summed E-state index contributed by atoms with van der Waals surface area (Å²) in [6.07, 6.45) is 3.27. The minimum atomic E-state index is -0.391. The van der Waals surface area contributed by atoms with Gasteiger partial charge in [0.05, 0.1) is 35.9 Å². The second kappa shape index (κ2) is 8.63. The molecule has 0 spiro atoms. The summed E-state index contributed by atoms with van der Waals surface area (Å²) in [6, 6.07) is 8.89. The van der Waals surface area contributed by atoms with Crippen LogP contribution in [0.1, 0.15) is 53.3 Å². The van der Waals surface area contributed by atoms with Gasteiger partial charge in [0.15, 0.2) is 5.76 Å². The molecule has 0 aliphatic carbocycles. The van der Waals surface area contributed by atoms with E-state index in [1.807, 2.05) is 44.2 Å². The molecule has 0 saturated carbocycles. The van der Waals surface area contributed by atoms with Crippen molar-refractivity contribution in [3.8, 4) is 5.69 Å². The predicted octanol–water partition coefficient (Wildman–Crippen LogP) is 4.02. The minimum Gasteiger partial charge on any atom is -0.462 e. The zero-order valence-corrected chi connectivity index (χ0v) is 17.8. The van der Waals surface area contributed by atoms with Crippen molar-refractivity contribution in [2.45, 2.75) is 39.7 Å². The van der Waals surface area contributed by atoms with Crippen molar-refractivity contribution in [1.29, 1.82) is 0 Å². The molecule has 1 fully saturated rings. The second-order valence-electron chi connectivity index (χ2n) is 7.48. The van der Waals surface area contributed by atoms with E-state index in [0.717, 1.165) is 24.2 Å². The molecule has 2 amide bonds. The van der Waals surface area contributed by atoms with Gasteiger partial charge in [-0.25, -0.2) is 14.3 Å². The monoisotopic (exact) mass is 423 g/mol. The number of aromatic nitrogens is 3. The summed E-state index contributed by atoms with van der Waals surface area (Å²) in [5.41, 5.74) is 3.38. The number of carbonyl (C=O) groups excluding carboxylic acids is 2. The number of benzene rings is 1. The molecule has 9 nitrogen and oxygen atoms in total. The molecule has 1 unspecified atom stereocenters. The molecule has 4 rings (SSSR count). The third-order valence-electron chi connectivity index (χ3n) is 5.36. The lowest BCUT2D eigenvalue weighted by atomic mass is 10.1. The number of nitrogens with zero attached hydrogens (tertiary/aromatic N) is 4. The Bertz CT molecular complexity index is 1090. The summed E-state index contributed by atoms with van der Waals surface area (Å²) in [5.74, 6) is 0.323. The first kappa shape index (κ1) is 20.6. The Kier molecular flexibility index (Phi) is 5.75. The lowest BCUT2D eigenvalue weighted by Crippen LogP contribution is -2.34. The Morgan fingerprint density at radius 2 is 2.03 bits per heavy atom. The van der Waals surface area contributed by atoms with E-state index in [2.05, 4.69) is 15.6 Å². The van der Waals surface area contributed by atoms with Gasteiger partial charge >= 0.3 is 12.0 Å². The first-order valence-corrected chi connectivity index (χ1v) is 10.3. The van der Waals surface area contributed by atoms with Crippen LogP contribution in [0, 0.1) is 13.8 Å². The lowest BCUT2D eigenvalue weighted by Gasteiger charge is -2.23. The van der Waals surface area contributed by atoms with Gasteiger partial charge in [0, 0.05) is 18.3 Å². The number of nitrogens with one attached hydrogen (secondary N) is 1. The van der Waals surface area contributed by atoms with Crippen molar-refractivity contribution in [3.05, 3.63) is 59.2 Å². The molecule has 9 heteroatoms. The number of rotatable bonds is 5. The Morgan fingerprint density at radius 1 is 1.26 bits per heavy atom. The maximum Gasteiger partial charge on any atom is 0.341 e. The highest BCUT2D eigenvalue weighted by atomic mass is 16.5. The Balaban J connectivity index is 1.45. The fourth-order valence-corrected chi connectivity index (χ4v) is 3.81. The molecule has 3 aromatic rings. The summed E-state index contributed by atoms with van der Waals surface area (Å²) in [5, 5.41) is 11.2. The van der Waals surface area contributed by atoms with Crippen molar-refractivity contribution >= 4 is 17.7 Å². The number of aryl methyl sites for hydroxylation is 1. The second-order valence-corrected chi connectivity index (χ2v) is 7.48. The molecule has 162 valence electrons. The molecule has 3 heterocycles. The van der Waals surface area contributed by atoms with Crippen LogP contribution in [0.3, 0.4) is 0 Å². The van der Waals surface area contributed by atoms with E-state index in [4.69, 9.17) is 9.26 Å². The number of likely N-dealkylation sites (tertiary alicyclic amines) is 1. The van der Waals surface area contributed by atoms with Gasteiger partial charge in [-0.05, 0) is 57.9 Å². The fourth-order valence-electron chi connectivity index (χ4n) is 3.81. The molecular weight excluding hydrogens is 398 g/mol. The van der Waals surface area contributed by atoms with Crippen LogP contribution >= 0.6 is 0 Å². The van der Waals surface area contributed by atoms with Gasteiger partial charge in [-0.2, -0.15) is 5.10 Å².